The molecule has 3 heterocycles. The summed E-state index contributed by atoms with van der Waals surface area (Å²) < 4.78 is 0. The first kappa shape index (κ1) is 8.11. The summed E-state index contributed by atoms with van der Waals surface area (Å²) in [5.41, 5.74) is 1.07. The van der Waals surface area contributed by atoms with Gasteiger partial charge in [0.1, 0.15) is 5.65 Å². The van der Waals surface area contributed by atoms with Crippen LogP contribution in [-0.2, 0) is 0 Å². The van der Waals surface area contributed by atoms with Gasteiger partial charge in [0.05, 0.1) is 0 Å². The van der Waals surface area contributed by atoms with Crippen molar-refractivity contribution in [3.05, 3.63) is 46.9 Å². The van der Waals surface area contributed by atoms with Crippen molar-refractivity contribution in [3.63, 3.8) is 0 Å². The minimum Gasteiger partial charge on any atom is -0.307 e. The molecule has 0 saturated heterocycles. The van der Waals surface area contributed by atoms with Crippen LogP contribution in [-0.4, -0.2) is 15.0 Å². The highest BCUT2D eigenvalue weighted by Crippen LogP contribution is 2.14. The van der Waals surface area contributed by atoms with Crippen LogP contribution in [0.15, 0.2) is 41.3 Å². The Balaban J connectivity index is 2.53. The van der Waals surface area contributed by atoms with E-state index < -0.39 is 0 Å². The molecule has 0 amide bonds. The molecule has 0 aliphatic heterocycles. The molecule has 72 valence electrons. The molecule has 0 saturated carbocycles. The smallest absolute Gasteiger partial charge is 0.249 e. The van der Waals surface area contributed by atoms with Gasteiger partial charge in [0.25, 0.3) is 0 Å². The summed E-state index contributed by atoms with van der Waals surface area (Å²) in [5, 5.41) is 1.88. The van der Waals surface area contributed by atoms with Gasteiger partial charge >= 0.3 is 0 Å². The Hall–Kier alpha value is -2.23. The van der Waals surface area contributed by atoms with E-state index in [9.17, 15) is 4.79 Å². The maximum absolute atomic E-state index is 11.1. The fourth-order valence-corrected chi connectivity index (χ4v) is 1.57. The Labute approximate surface area is 84.6 Å². The van der Waals surface area contributed by atoms with Crippen LogP contribution in [0.1, 0.15) is 0 Å². The lowest BCUT2D eigenvalue weighted by Gasteiger charge is -1.98. The first-order valence-electron chi connectivity index (χ1n) is 4.58. The fraction of sp³-hybridized carbons (Fsp3) is 0. The number of aromatic nitrogens is 3. The lowest BCUT2D eigenvalue weighted by molar-refractivity contribution is 1.23. The number of pyridine rings is 3. The van der Waals surface area contributed by atoms with E-state index in [4.69, 9.17) is 0 Å². The molecule has 3 aromatic heterocycles. The van der Waals surface area contributed by atoms with Crippen LogP contribution in [0.2, 0.25) is 0 Å². The van der Waals surface area contributed by atoms with E-state index in [-0.39, 0.29) is 5.56 Å². The normalized spacial score (nSPS) is 10.9. The number of hydrogen-bond acceptors (Lipinski definition) is 3. The SMILES string of the molecule is O=c1ccc2cc3cccnc3nc2[nH]1. The van der Waals surface area contributed by atoms with Gasteiger partial charge in [-0.15, -0.1) is 0 Å². The average molecular weight is 197 g/mol. The van der Waals surface area contributed by atoms with Crippen molar-refractivity contribution in [3.8, 4) is 0 Å². The Morgan fingerprint density at radius 2 is 2.07 bits per heavy atom. The highest BCUT2D eigenvalue weighted by atomic mass is 16.1. The third kappa shape index (κ3) is 1.27. The molecule has 0 aliphatic rings. The monoisotopic (exact) mass is 197 g/mol. The van der Waals surface area contributed by atoms with Crippen LogP contribution in [0.5, 0.6) is 0 Å². The summed E-state index contributed by atoms with van der Waals surface area (Å²) in [6.07, 6.45) is 1.68. The van der Waals surface area contributed by atoms with Crippen LogP contribution in [0.4, 0.5) is 0 Å². The van der Waals surface area contributed by atoms with Gasteiger partial charge in [-0.05, 0) is 24.3 Å². The predicted molar refractivity (Wildman–Crippen MR) is 57.7 cm³/mol. The third-order valence-corrected chi connectivity index (χ3v) is 2.27. The van der Waals surface area contributed by atoms with Gasteiger partial charge in [0.15, 0.2) is 5.65 Å². The fourth-order valence-electron chi connectivity index (χ4n) is 1.57. The number of hydrogen-bond donors (Lipinski definition) is 1. The molecular weight excluding hydrogens is 190 g/mol. The second-order valence-electron chi connectivity index (χ2n) is 3.30. The molecule has 0 fully saturated rings. The Kier molecular flexibility index (Phi) is 1.56. The number of nitrogens with one attached hydrogen (secondary N) is 1. The second kappa shape index (κ2) is 2.88. The summed E-state index contributed by atoms with van der Waals surface area (Å²) in [6, 6.07) is 9.02. The van der Waals surface area contributed by atoms with E-state index in [2.05, 4.69) is 15.0 Å². The molecule has 0 bridgehead atoms. The van der Waals surface area contributed by atoms with Crippen LogP contribution < -0.4 is 5.56 Å². The zero-order chi connectivity index (χ0) is 10.3. The van der Waals surface area contributed by atoms with Crippen molar-refractivity contribution >= 4 is 22.1 Å². The summed E-state index contributed by atoms with van der Waals surface area (Å²) >= 11 is 0. The molecule has 0 unspecified atom stereocenters. The zero-order valence-electron chi connectivity index (χ0n) is 7.77. The van der Waals surface area contributed by atoms with Crippen LogP contribution in [0.25, 0.3) is 22.1 Å². The van der Waals surface area contributed by atoms with E-state index in [0.717, 1.165) is 10.8 Å². The van der Waals surface area contributed by atoms with Crippen molar-refractivity contribution in [1.82, 2.24) is 15.0 Å². The summed E-state index contributed by atoms with van der Waals surface area (Å²) in [7, 11) is 0. The first-order chi connectivity index (χ1) is 7.33. The highest BCUT2D eigenvalue weighted by molar-refractivity contribution is 5.88. The van der Waals surface area contributed by atoms with Crippen LogP contribution >= 0.6 is 0 Å². The van der Waals surface area contributed by atoms with Crippen molar-refractivity contribution in [1.29, 1.82) is 0 Å². The minimum absolute atomic E-state index is 0.148. The van der Waals surface area contributed by atoms with E-state index in [1.165, 1.54) is 6.07 Å². The van der Waals surface area contributed by atoms with Gasteiger partial charge in [-0.1, -0.05) is 0 Å². The summed E-state index contributed by atoms with van der Waals surface area (Å²) in [4.78, 5) is 22.2. The van der Waals surface area contributed by atoms with Gasteiger partial charge in [0.2, 0.25) is 5.56 Å². The maximum Gasteiger partial charge on any atom is 0.249 e. The van der Waals surface area contributed by atoms with Gasteiger partial charge in [0, 0.05) is 23.0 Å². The molecule has 15 heavy (non-hydrogen) atoms. The Morgan fingerprint density at radius 1 is 1.13 bits per heavy atom. The molecule has 4 heteroatoms. The van der Waals surface area contributed by atoms with Crippen molar-refractivity contribution < 1.29 is 0 Å². The Bertz CT molecular complexity index is 703. The maximum atomic E-state index is 11.1. The second-order valence-corrected chi connectivity index (χ2v) is 3.30. The van der Waals surface area contributed by atoms with Gasteiger partial charge in [-0.3, -0.25) is 4.79 Å². The molecule has 1 N–H and O–H groups in total. The lowest BCUT2D eigenvalue weighted by atomic mass is 10.2. The summed E-state index contributed by atoms with van der Waals surface area (Å²) in [6.45, 7) is 0. The molecular formula is C11H7N3O. The third-order valence-electron chi connectivity index (χ3n) is 2.27. The molecule has 0 spiro atoms. The van der Waals surface area contributed by atoms with Crippen molar-refractivity contribution in [2.24, 2.45) is 0 Å². The van der Waals surface area contributed by atoms with Crippen LogP contribution in [0, 0.1) is 0 Å². The van der Waals surface area contributed by atoms with Crippen molar-refractivity contribution in [2.45, 2.75) is 0 Å². The van der Waals surface area contributed by atoms with Crippen molar-refractivity contribution in [2.75, 3.05) is 0 Å². The predicted octanol–water partition coefficient (Wildman–Crippen LogP) is 1.47. The number of nitrogens with zero attached hydrogens (tertiary/aromatic N) is 2. The van der Waals surface area contributed by atoms with E-state index in [1.807, 2.05) is 18.2 Å². The molecule has 0 aromatic carbocycles. The molecule has 3 aromatic rings. The van der Waals surface area contributed by atoms with Crippen LogP contribution in [0.3, 0.4) is 0 Å². The average Bonchev–Trinajstić information content (AvgIpc) is 2.26. The molecule has 4 nitrogen and oxygen atoms in total. The molecule has 0 aliphatic carbocycles. The van der Waals surface area contributed by atoms with Gasteiger partial charge in [-0.25, -0.2) is 9.97 Å². The first-order valence-corrected chi connectivity index (χ1v) is 4.58. The number of rotatable bonds is 0. The number of fused-ring (bicyclic) bond motifs is 2. The topological polar surface area (TPSA) is 58.6 Å². The van der Waals surface area contributed by atoms with E-state index >= 15 is 0 Å². The zero-order valence-corrected chi connectivity index (χ0v) is 7.77. The number of aromatic amines is 1. The minimum atomic E-state index is -0.148. The standard InChI is InChI=1S/C11H7N3O/c15-9-4-3-8-6-7-2-1-5-12-10(7)14-11(8)13-9/h1-6H,(H,12,13,14,15). The lowest BCUT2D eigenvalue weighted by Crippen LogP contribution is -2.03. The Morgan fingerprint density at radius 3 is 3.00 bits per heavy atom. The quantitative estimate of drug-likeness (QED) is 0.555. The number of H-pyrrole nitrogens is 1. The summed E-state index contributed by atoms with van der Waals surface area (Å²) in [5.74, 6) is 0. The highest BCUT2D eigenvalue weighted by Gasteiger charge is 1.99. The molecule has 0 atom stereocenters. The molecule has 3 rings (SSSR count). The van der Waals surface area contributed by atoms with Gasteiger partial charge < -0.3 is 4.98 Å². The van der Waals surface area contributed by atoms with E-state index in [0.29, 0.717) is 11.3 Å². The van der Waals surface area contributed by atoms with E-state index in [1.54, 1.807) is 12.3 Å². The largest absolute Gasteiger partial charge is 0.307 e. The molecule has 0 radical (unpaired) electrons. The van der Waals surface area contributed by atoms with Gasteiger partial charge in [-0.2, -0.15) is 0 Å².